The van der Waals surface area contributed by atoms with Crippen molar-refractivity contribution < 1.29 is 4.74 Å². The minimum absolute atomic E-state index is 0.401. The predicted molar refractivity (Wildman–Crippen MR) is 89.0 cm³/mol. The van der Waals surface area contributed by atoms with E-state index < -0.39 is 0 Å². The lowest BCUT2D eigenvalue weighted by molar-refractivity contribution is 0.203. The first-order valence-corrected chi connectivity index (χ1v) is 7.56. The highest BCUT2D eigenvalue weighted by molar-refractivity contribution is 9.10. The lowest BCUT2D eigenvalue weighted by Gasteiger charge is -2.32. The van der Waals surface area contributed by atoms with Crippen LogP contribution in [0.4, 0.5) is 5.69 Å². The quantitative estimate of drug-likeness (QED) is 0.770. The number of anilines is 1. The maximum absolute atomic E-state index is 5.83. The molecule has 5 heteroatoms. The van der Waals surface area contributed by atoms with Gasteiger partial charge in [0.15, 0.2) is 0 Å². The molecule has 0 saturated heterocycles. The van der Waals surface area contributed by atoms with Gasteiger partial charge in [-0.15, -0.1) is 0 Å². The monoisotopic (exact) mass is 344 g/mol. The second kappa shape index (κ2) is 7.82. The number of thiocarbonyl (C=S) groups is 1. The summed E-state index contributed by atoms with van der Waals surface area (Å²) >= 11 is 8.66. The zero-order valence-corrected chi connectivity index (χ0v) is 14.1. The summed E-state index contributed by atoms with van der Waals surface area (Å²) in [6.45, 7) is 5.86. The van der Waals surface area contributed by atoms with Crippen LogP contribution in [0, 0.1) is 0 Å². The van der Waals surface area contributed by atoms with Crippen molar-refractivity contribution in [1.82, 2.24) is 0 Å². The number of methoxy groups -OCH3 is 1. The number of nitrogens with zero attached hydrogens (tertiary/aromatic N) is 1. The molecule has 0 spiro atoms. The van der Waals surface area contributed by atoms with Gasteiger partial charge in [-0.25, -0.2) is 0 Å². The molecule has 0 aromatic heterocycles. The SMILES string of the molecule is CCC(C)N(CCOC)c1cc(Br)ccc1C(N)=S. The van der Waals surface area contributed by atoms with Crippen LogP contribution in [0.15, 0.2) is 22.7 Å². The van der Waals surface area contributed by atoms with Crippen molar-refractivity contribution in [2.75, 3.05) is 25.2 Å². The molecule has 0 saturated carbocycles. The van der Waals surface area contributed by atoms with Gasteiger partial charge in [-0.3, -0.25) is 0 Å². The Hall–Kier alpha value is -0.650. The third-order valence-electron chi connectivity index (χ3n) is 3.19. The Morgan fingerprint density at radius 2 is 2.21 bits per heavy atom. The van der Waals surface area contributed by atoms with Crippen LogP contribution < -0.4 is 10.6 Å². The third-order valence-corrected chi connectivity index (χ3v) is 3.91. The number of nitrogens with two attached hydrogens (primary N) is 1. The van der Waals surface area contributed by atoms with Crippen LogP contribution in [0.2, 0.25) is 0 Å². The summed E-state index contributed by atoms with van der Waals surface area (Å²) in [7, 11) is 1.71. The minimum Gasteiger partial charge on any atom is -0.389 e. The van der Waals surface area contributed by atoms with Crippen LogP contribution in [-0.4, -0.2) is 31.3 Å². The molecule has 19 heavy (non-hydrogen) atoms. The lowest BCUT2D eigenvalue weighted by atomic mass is 10.1. The molecule has 0 aliphatic rings. The number of hydrogen-bond donors (Lipinski definition) is 1. The van der Waals surface area contributed by atoms with Gasteiger partial charge in [-0.05, 0) is 31.5 Å². The van der Waals surface area contributed by atoms with E-state index in [0.29, 0.717) is 17.6 Å². The van der Waals surface area contributed by atoms with Crippen LogP contribution in [0.25, 0.3) is 0 Å². The Bertz CT molecular complexity index is 439. The van der Waals surface area contributed by atoms with Gasteiger partial charge in [0.2, 0.25) is 0 Å². The first kappa shape index (κ1) is 16.4. The fourth-order valence-corrected chi connectivity index (χ4v) is 2.46. The number of ether oxygens (including phenoxy) is 1. The predicted octanol–water partition coefficient (Wildman–Crippen LogP) is 3.33. The van der Waals surface area contributed by atoms with Gasteiger partial charge in [0.1, 0.15) is 4.99 Å². The standard InChI is InChI=1S/C14H21BrN2OS/c1-4-10(2)17(7-8-18-3)13-9-11(15)5-6-12(13)14(16)19/h5-6,9-10H,4,7-8H2,1-3H3,(H2,16,19). The van der Waals surface area contributed by atoms with Crippen LogP contribution in [0.3, 0.4) is 0 Å². The number of rotatable bonds is 7. The molecule has 0 aliphatic carbocycles. The third kappa shape index (κ3) is 4.44. The second-order valence-corrected chi connectivity index (χ2v) is 5.82. The maximum atomic E-state index is 5.83. The van der Waals surface area contributed by atoms with Gasteiger partial charge >= 0.3 is 0 Å². The highest BCUT2D eigenvalue weighted by Crippen LogP contribution is 2.27. The average molecular weight is 345 g/mol. The molecule has 1 rings (SSSR count). The topological polar surface area (TPSA) is 38.5 Å². The second-order valence-electron chi connectivity index (χ2n) is 4.47. The van der Waals surface area contributed by atoms with E-state index in [0.717, 1.165) is 28.7 Å². The van der Waals surface area contributed by atoms with Crippen molar-refractivity contribution in [1.29, 1.82) is 0 Å². The number of benzene rings is 1. The Morgan fingerprint density at radius 3 is 2.74 bits per heavy atom. The zero-order chi connectivity index (χ0) is 14.4. The van der Waals surface area contributed by atoms with Crippen molar-refractivity contribution in [2.24, 2.45) is 5.73 Å². The van der Waals surface area contributed by atoms with Crippen molar-refractivity contribution in [3.05, 3.63) is 28.2 Å². The molecule has 0 fully saturated rings. The largest absolute Gasteiger partial charge is 0.389 e. The molecular weight excluding hydrogens is 324 g/mol. The van der Waals surface area contributed by atoms with Gasteiger partial charge in [-0.2, -0.15) is 0 Å². The highest BCUT2D eigenvalue weighted by atomic mass is 79.9. The first-order valence-electron chi connectivity index (χ1n) is 6.36. The summed E-state index contributed by atoms with van der Waals surface area (Å²) in [5.74, 6) is 0. The van der Waals surface area contributed by atoms with E-state index in [-0.39, 0.29) is 0 Å². The Balaban J connectivity index is 3.19. The molecule has 1 unspecified atom stereocenters. The molecule has 106 valence electrons. The molecule has 0 aliphatic heterocycles. The normalized spacial score (nSPS) is 12.2. The van der Waals surface area contributed by atoms with Crippen molar-refractivity contribution in [3.8, 4) is 0 Å². The zero-order valence-electron chi connectivity index (χ0n) is 11.6. The molecular formula is C14H21BrN2OS. The first-order chi connectivity index (χ1) is 9.01. The van der Waals surface area contributed by atoms with Gasteiger partial charge in [-0.1, -0.05) is 35.1 Å². The molecule has 0 bridgehead atoms. The van der Waals surface area contributed by atoms with E-state index >= 15 is 0 Å². The van der Waals surface area contributed by atoms with E-state index in [1.807, 2.05) is 12.1 Å². The maximum Gasteiger partial charge on any atom is 0.106 e. The summed E-state index contributed by atoms with van der Waals surface area (Å²) < 4.78 is 6.22. The van der Waals surface area contributed by atoms with Gasteiger partial charge < -0.3 is 15.4 Å². The summed E-state index contributed by atoms with van der Waals surface area (Å²) in [4.78, 5) is 2.72. The van der Waals surface area contributed by atoms with E-state index in [2.05, 4.69) is 40.7 Å². The van der Waals surface area contributed by atoms with E-state index in [1.165, 1.54) is 0 Å². The fraction of sp³-hybridized carbons (Fsp3) is 0.500. The molecule has 1 aromatic rings. The number of halogens is 1. The van der Waals surface area contributed by atoms with Crippen LogP contribution >= 0.6 is 28.1 Å². The lowest BCUT2D eigenvalue weighted by Crippen LogP contribution is -2.36. The Labute approximate surface area is 129 Å². The molecule has 0 heterocycles. The average Bonchev–Trinajstić information content (AvgIpc) is 2.38. The Morgan fingerprint density at radius 1 is 1.53 bits per heavy atom. The molecule has 2 N–H and O–H groups in total. The van der Waals surface area contributed by atoms with Crippen molar-refractivity contribution >= 4 is 38.8 Å². The van der Waals surface area contributed by atoms with E-state index in [1.54, 1.807) is 7.11 Å². The smallest absolute Gasteiger partial charge is 0.106 e. The van der Waals surface area contributed by atoms with Gasteiger partial charge in [0, 0.05) is 35.4 Å². The van der Waals surface area contributed by atoms with Crippen LogP contribution in [-0.2, 0) is 4.74 Å². The number of hydrogen-bond acceptors (Lipinski definition) is 3. The molecule has 1 atom stereocenters. The summed E-state index contributed by atoms with van der Waals surface area (Å²) in [5, 5.41) is 0. The molecule has 3 nitrogen and oxygen atoms in total. The van der Waals surface area contributed by atoms with Crippen LogP contribution in [0.1, 0.15) is 25.8 Å². The fourth-order valence-electron chi connectivity index (χ4n) is 1.94. The van der Waals surface area contributed by atoms with E-state index in [4.69, 9.17) is 22.7 Å². The van der Waals surface area contributed by atoms with E-state index in [9.17, 15) is 0 Å². The Kier molecular flexibility index (Phi) is 6.75. The van der Waals surface area contributed by atoms with Crippen molar-refractivity contribution in [3.63, 3.8) is 0 Å². The summed E-state index contributed by atoms with van der Waals surface area (Å²) in [6.07, 6.45) is 1.05. The van der Waals surface area contributed by atoms with Crippen molar-refractivity contribution in [2.45, 2.75) is 26.3 Å². The molecule has 0 radical (unpaired) electrons. The molecule has 0 amide bonds. The summed E-state index contributed by atoms with van der Waals surface area (Å²) in [6, 6.07) is 6.39. The minimum atomic E-state index is 0.401. The summed E-state index contributed by atoms with van der Waals surface area (Å²) in [5.41, 5.74) is 7.81. The van der Waals surface area contributed by atoms with Gasteiger partial charge in [0.25, 0.3) is 0 Å². The van der Waals surface area contributed by atoms with Gasteiger partial charge in [0.05, 0.1) is 6.61 Å². The molecule has 1 aromatic carbocycles. The van der Waals surface area contributed by atoms with Crippen LogP contribution in [0.5, 0.6) is 0 Å². The highest BCUT2D eigenvalue weighted by Gasteiger charge is 2.17.